The first-order valence-corrected chi connectivity index (χ1v) is 8.28. The van der Waals surface area contributed by atoms with Crippen molar-refractivity contribution in [3.8, 4) is 0 Å². The van der Waals surface area contributed by atoms with Crippen molar-refractivity contribution in [2.45, 2.75) is 43.1 Å². The fourth-order valence-corrected chi connectivity index (χ4v) is 3.66. The van der Waals surface area contributed by atoms with Crippen LogP contribution in [0.15, 0.2) is 29.2 Å². The predicted octanol–water partition coefficient (Wildman–Crippen LogP) is 3.40. The second-order valence-corrected chi connectivity index (χ2v) is 6.55. The number of esters is 1. The van der Waals surface area contributed by atoms with E-state index in [0.29, 0.717) is 38.0 Å². The Hall–Kier alpha value is -1.07. The Bertz CT molecular complexity index is 484. The molecule has 0 heterocycles. The third-order valence-electron chi connectivity index (χ3n) is 3.84. The Balaban J connectivity index is 1.83. The molecule has 0 saturated heterocycles. The maximum absolute atomic E-state index is 13.1. The van der Waals surface area contributed by atoms with Crippen LogP contribution in [0.2, 0.25) is 0 Å². The van der Waals surface area contributed by atoms with Crippen molar-refractivity contribution >= 4 is 17.7 Å². The van der Waals surface area contributed by atoms with Gasteiger partial charge in [0.1, 0.15) is 5.82 Å². The minimum Gasteiger partial charge on any atom is -0.466 e. The lowest BCUT2D eigenvalue weighted by Crippen LogP contribution is -2.38. The van der Waals surface area contributed by atoms with Gasteiger partial charge in [0.15, 0.2) is 0 Å². The van der Waals surface area contributed by atoms with Crippen LogP contribution in [0, 0.1) is 11.7 Å². The highest BCUT2D eigenvalue weighted by Crippen LogP contribution is 2.36. The zero-order valence-corrected chi connectivity index (χ0v) is 13.0. The van der Waals surface area contributed by atoms with Crippen molar-refractivity contribution in [3.63, 3.8) is 0 Å². The number of hydrogen-bond donors (Lipinski definition) is 1. The Morgan fingerprint density at radius 1 is 1.48 bits per heavy atom. The van der Waals surface area contributed by atoms with E-state index in [-0.39, 0.29) is 17.7 Å². The fourth-order valence-electron chi connectivity index (χ4n) is 2.57. The number of carbonyl (C=O) groups excluding carboxylic acids is 1. The van der Waals surface area contributed by atoms with E-state index in [4.69, 9.17) is 4.74 Å². The van der Waals surface area contributed by atoms with Gasteiger partial charge in [-0.05, 0) is 50.8 Å². The maximum Gasteiger partial charge on any atom is 0.308 e. The van der Waals surface area contributed by atoms with E-state index < -0.39 is 5.60 Å². The van der Waals surface area contributed by atoms with Crippen molar-refractivity contribution in [3.05, 3.63) is 30.1 Å². The highest BCUT2D eigenvalue weighted by atomic mass is 32.2. The molecule has 0 amide bonds. The molecule has 1 aliphatic carbocycles. The molecule has 5 heteroatoms. The van der Waals surface area contributed by atoms with E-state index in [0.717, 1.165) is 4.90 Å². The zero-order chi connectivity index (χ0) is 15.3. The van der Waals surface area contributed by atoms with Gasteiger partial charge in [0, 0.05) is 10.6 Å². The van der Waals surface area contributed by atoms with Crippen molar-refractivity contribution in [1.82, 2.24) is 0 Å². The molecule has 2 rings (SSSR count). The average molecular weight is 312 g/mol. The van der Waals surface area contributed by atoms with Crippen molar-refractivity contribution < 1.29 is 19.0 Å². The standard InChI is InChI=1S/C16H21FO3S/c1-2-20-15(18)12-6-8-16(19,9-7-12)11-21-14-5-3-4-13(17)10-14/h3-5,10,12,19H,2,6-9,11H2,1H3. The number of rotatable bonds is 5. The van der Waals surface area contributed by atoms with Crippen molar-refractivity contribution in [2.24, 2.45) is 5.92 Å². The van der Waals surface area contributed by atoms with Gasteiger partial charge in [-0.1, -0.05) is 6.07 Å². The lowest BCUT2D eigenvalue weighted by molar-refractivity contribution is -0.150. The van der Waals surface area contributed by atoms with Crippen molar-refractivity contribution in [2.75, 3.05) is 12.4 Å². The van der Waals surface area contributed by atoms with Crippen LogP contribution in [0.4, 0.5) is 4.39 Å². The smallest absolute Gasteiger partial charge is 0.308 e. The number of halogens is 1. The molecule has 1 saturated carbocycles. The molecular formula is C16H21FO3S. The minimum absolute atomic E-state index is 0.0932. The van der Waals surface area contributed by atoms with E-state index in [1.54, 1.807) is 13.0 Å². The van der Waals surface area contributed by atoms with Gasteiger partial charge in [-0.3, -0.25) is 4.79 Å². The van der Waals surface area contributed by atoms with Crippen LogP contribution in [0.3, 0.4) is 0 Å². The summed E-state index contributed by atoms with van der Waals surface area (Å²) < 4.78 is 18.1. The molecule has 0 radical (unpaired) electrons. The van der Waals surface area contributed by atoms with Crippen molar-refractivity contribution in [1.29, 1.82) is 0 Å². The van der Waals surface area contributed by atoms with E-state index in [9.17, 15) is 14.3 Å². The molecule has 1 N–H and O–H groups in total. The van der Waals surface area contributed by atoms with Gasteiger partial charge in [0.2, 0.25) is 0 Å². The lowest BCUT2D eigenvalue weighted by atomic mass is 9.80. The topological polar surface area (TPSA) is 46.5 Å². The van der Waals surface area contributed by atoms with E-state index in [1.807, 2.05) is 6.07 Å². The first-order valence-electron chi connectivity index (χ1n) is 7.30. The van der Waals surface area contributed by atoms with Crippen LogP contribution in [-0.4, -0.2) is 29.0 Å². The summed E-state index contributed by atoms with van der Waals surface area (Å²) in [5.74, 6) is 0.00571. The summed E-state index contributed by atoms with van der Waals surface area (Å²) in [6.45, 7) is 2.20. The Morgan fingerprint density at radius 3 is 2.81 bits per heavy atom. The third kappa shape index (κ3) is 4.71. The second kappa shape index (κ2) is 7.27. The molecule has 1 aromatic rings. The van der Waals surface area contributed by atoms with Gasteiger partial charge in [-0.15, -0.1) is 11.8 Å². The quantitative estimate of drug-likeness (QED) is 0.668. The van der Waals surface area contributed by atoms with Crippen LogP contribution in [0.1, 0.15) is 32.6 Å². The molecule has 1 aromatic carbocycles. The van der Waals surface area contributed by atoms with E-state index >= 15 is 0 Å². The number of thioether (sulfide) groups is 1. The highest BCUT2D eigenvalue weighted by molar-refractivity contribution is 7.99. The number of aliphatic hydroxyl groups is 1. The summed E-state index contributed by atoms with van der Waals surface area (Å²) in [5.41, 5.74) is -0.778. The summed E-state index contributed by atoms with van der Waals surface area (Å²) in [7, 11) is 0. The summed E-state index contributed by atoms with van der Waals surface area (Å²) in [4.78, 5) is 12.5. The average Bonchev–Trinajstić information content (AvgIpc) is 2.46. The SMILES string of the molecule is CCOC(=O)C1CCC(O)(CSc2cccc(F)c2)CC1. The molecule has 0 aliphatic heterocycles. The Morgan fingerprint density at radius 2 is 2.19 bits per heavy atom. The number of carbonyl (C=O) groups is 1. The lowest BCUT2D eigenvalue weighted by Gasteiger charge is -2.34. The molecule has 1 aliphatic rings. The monoisotopic (exact) mass is 312 g/mol. The van der Waals surface area contributed by atoms with Crippen LogP contribution in [-0.2, 0) is 9.53 Å². The molecule has 0 bridgehead atoms. The molecule has 0 spiro atoms. The van der Waals surface area contributed by atoms with Gasteiger partial charge < -0.3 is 9.84 Å². The minimum atomic E-state index is -0.778. The van der Waals surface area contributed by atoms with Crippen LogP contribution < -0.4 is 0 Å². The second-order valence-electron chi connectivity index (χ2n) is 5.50. The zero-order valence-electron chi connectivity index (χ0n) is 12.2. The largest absolute Gasteiger partial charge is 0.466 e. The summed E-state index contributed by atoms with van der Waals surface area (Å²) in [6.07, 6.45) is 2.47. The normalized spacial score (nSPS) is 25.6. The molecule has 116 valence electrons. The van der Waals surface area contributed by atoms with Crippen LogP contribution in [0.25, 0.3) is 0 Å². The summed E-state index contributed by atoms with van der Waals surface area (Å²) >= 11 is 1.45. The molecule has 0 aromatic heterocycles. The number of benzene rings is 1. The highest BCUT2D eigenvalue weighted by Gasteiger charge is 2.36. The third-order valence-corrected chi connectivity index (χ3v) is 5.11. The van der Waals surface area contributed by atoms with Gasteiger partial charge in [-0.2, -0.15) is 0 Å². The predicted molar refractivity (Wildman–Crippen MR) is 80.7 cm³/mol. The first kappa shape index (κ1) is 16.3. The Labute approximate surface area is 128 Å². The number of hydrogen-bond acceptors (Lipinski definition) is 4. The van der Waals surface area contributed by atoms with Gasteiger partial charge in [-0.25, -0.2) is 4.39 Å². The molecular weight excluding hydrogens is 291 g/mol. The van der Waals surface area contributed by atoms with E-state index in [2.05, 4.69) is 0 Å². The molecule has 1 fully saturated rings. The molecule has 3 nitrogen and oxygen atoms in total. The fraction of sp³-hybridized carbons (Fsp3) is 0.562. The number of ether oxygens (including phenoxy) is 1. The summed E-state index contributed by atoms with van der Waals surface area (Å²) in [6, 6.07) is 6.38. The van der Waals surface area contributed by atoms with Crippen LogP contribution in [0.5, 0.6) is 0 Å². The molecule has 0 unspecified atom stereocenters. The van der Waals surface area contributed by atoms with Gasteiger partial charge >= 0.3 is 5.97 Å². The maximum atomic E-state index is 13.1. The van der Waals surface area contributed by atoms with Gasteiger partial charge in [0.05, 0.1) is 18.1 Å². The van der Waals surface area contributed by atoms with Gasteiger partial charge in [0.25, 0.3) is 0 Å². The van der Waals surface area contributed by atoms with E-state index in [1.165, 1.54) is 23.9 Å². The molecule has 21 heavy (non-hydrogen) atoms. The summed E-state index contributed by atoms with van der Waals surface area (Å²) in [5, 5.41) is 10.6. The first-order chi connectivity index (χ1) is 10.0. The molecule has 0 atom stereocenters. The Kier molecular flexibility index (Phi) is 5.65. The van der Waals surface area contributed by atoms with Crippen LogP contribution >= 0.6 is 11.8 Å².